The van der Waals surface area contributed by atoms with Crippen molar-refractivity contribution in [3.05, 3.63) is 72.3 Å². The second-order valence-electron chi connectivity index (χ2n) is 7.64. The molecule has 4 aromatic carbocycles. The predicted octanol–water partition coefficient (Wildman–Crippen LogP) is 8.48. The average Bonchev–Trinajstić information content (AvgIpc) is 3.04. The third kappa shape index (κ3) is 3.11. The second-order valence-corrected chi connectivity index (χ2v) is 8.72. The largest absolute Gasteiger partial charge is 0.135 e. The Morgan fingerprint density at radius 2 is 1.30 bits per heavy atom. The minimum Gasteiger partial charge on any atom is -0.135 e. The molecular weight excluding hydrogens is 344 g/mol. The van der Waals surface area contributed by atoms with E-state index in [2.05, 4.69) is 73.7 Å². The minimum absolute atomic E-state index is 1.20. The summed E-state index contributed by atoms with van der Waals surface area (Å²) in [5, 5.41) is 8.18. The Bertz CT molecular complexity index is 1260. The SMILES string of the molecule is CCCCCCc1ccc2cc3sc4cc5ccccc5cc4c3cc2c1. The van der Waals surface area contributed by atoms with Crippen LogP contribution in [0.15, 0.2) is 66.7 Å². The van der Waals surface area contributed by atoms with Gasteiger partial charge in [0.2, 0.25) is 0 Å². The maximum Gasteiger partial charge on any atom is 0.0361 e. The maximum atomic E-state index is 2.41. The number of thiophene rings is 1. The average molecular weight is 369 g/mol. The van der Waals surface area contributed by atoms with Gasteiger partial charge in [0.05, 0.1) is 0 Å². The van der Waals surface area contributed by atoms with Crippen molar-refractivity contribution in [3.8, 4) is 0 Å². The van der Waals surface area contributed by atoms with Gasteiger partial charge in [-0.3, -0.25) is 0 Å². The van der Waals surface area contributed by atoms with Crippen LogP contribution in [0, 0.1) is 0 Å². The van der Waals surface area contributed by atoms with Crippen molar-refractivity contribution in [1.29, 1.82) is 0 Å². The molecule has 0 N–H and O–H groups in total. The number of aryl methyl sites for hydroxylation is 1. The van der Waals surface area contributed by atoms with Crippen LogP contribution in [0.3, 0.4) is 0 Å². The van der Waals surface area contributed by atoms with Crippen LogP contribution >= 0.6 is 11.3 Å². The molecule has 0 aliphatic carbocycles. The molecule has 0 saturated heterocycles. The molecule has 0 amide bonds. The molecule has 1 aromatic heterocycles. The molecular formula is C26H24S. The highest BCUT2D eigenvalue weighted by atomic mass is 32.1. The molecule has 27 heavy (non-hydrogen) atoms. The van der Waals surface area contributed by atoms with Crippen molar-refractivity contribution in [2.24, 2.45) is 0 Å². The zero-order chi connectivity index (χ0) is 18.2. The van der Waals surface area contributed by atoms with E-state index in [1.807, 2.05) is 11.3 Å². The van der Waals surface area contributed by atoms with Gasteiger partial charge in [-0.25, -0.2) is 0 Å². The van der Waals surface area contributed by atoms with E-state index in [1.165, 1.54) is 79.4 Å². The zero-order valence-electron chi connectivity index (χ0n) is 15.8. The van der Waals surface area contributed by atoms with Crippen LogP contribution in [0.5, 0.6) is 0 Å². The van der Waals surface area contributed by atoms with E-state index < -0.39 is 0 Å². The lowest BCUT2D eigenvalue weighted by Gasteiger charge is -2.05. The molecule has 5 rings (SSSR count). The number of fused-ring (bicyclic) bond motifs is 5. The summed E-state index contributed by atoms with van der Waals surface area (Å²) < 4.78 is 2.78. The quantitative estimate of drug-likeness (QED) is 0.273. The molecule has 0 radical (unpaired) electrons. The fourth-order valence-electron chi connectivity index (χ4n) is 4.17. The van der Waals surface area contributed by atoms with Gasteiger partial charge in [-0.1, -0.05) is 68.7 Å². The Labute approximate surface area is 164 Å². The highest BCUT2D eigenvalue weighted by Gasteiger charge is 2.08. The van der Waals surface area contributed by atoms with Crippen molar-refractivity contribution in [2.75, 3.05) is 0 Å². The van der Waals surface area contributed by atoms with Crippen LogP contribution in [0.4, 0.5) is 0 Å². The van der Waals surface area contributed by atoms with E-state index >= 15 is 0 Å². The number of unbranched alkanes of at least 4 members (excludes halogenated alkanes) is 3. The minimum atomic E-state index is 1.20. The topological polar surface area (TPSA) is 0 Å². The number of benzene rings is 4. The third-order valence-corrected chi connectivity index (χ3v) is 6.80. The summed E-state index contributed by atoms with van der Waals surface area (Å²) in [5.74, 6) is 0. The Hall–Kier alpha value is -2.38. The van der Waals surface area contributed by atoms with Crippen LogP contribution in [0.25, 0.3) is 41.7 Å². The van der Waals surface area contributed by atoms with Gasteiger partial charge in [0.25, 0.3) is 0 Å². The lowest BCUT2D eigenvalue weighted by Crippen LogP contribution is -1.86. The van der Waals surface area contributed by atoms with E-state index in [0.29, 0.717) is 0 Å². The van der Waals surface area contributed by atoms with Crippen LogP contribution < -0.4 is 0 Å². The molecule has 5 aromatic rings. The fraction of sp³-hybridized carbons (Fsp3) is 0.231. The molecule has 0 bridgehead atoms. The van der Waals surface area contributed by atoms with Crippen molar-refractivity contribution in [2.45, 2.75) is 39.0 Å². The molecule has 0 nitrogen and oxygen atoms in total. The second kappa shape index (κ2) is 6.98. The Morgan fingerprint density at radius 3 is 2.04 bits per heavy atom. The van der Waals surface area contributed by atoms with Crippen molar-refractivity contribution < 1.29 is 0 Å². The Kier molecular flexibility index (Phi) is 4.33. The Morgan fingerprint density at radius 1 is 0.630 bits per heavy atom. The first-order valence-electron chi connectivity index (χ1n) is 10.1. The lowest BCUT2D eigenvalue weighted by atomic mass is 10.00. The molecule has 0 aliphatic rings. The lowest BCUT2D eigenvalue weighted by molar-refractivity contribution is 0.667. The summed E-state index contributed by atoms with van der Waals surface area (Å²) in [6, 6.07) is 25.2. The summed E-state index contributed by atoms with van der Waals surface area (Å²) >= 11 is 1.91. The molecule has 0 spiro atoms. The molecule has 0 atom stereocenters. The fourth-order valence-corrected chi connectivity index (χ4v) is 5.33. The van der Waals surface area contributed by atoms with Crippen molar-refractivity contribution in [1.82, 2.24) is 0 Å². The zero-order valence-corrected chi connectivity index (χ0v) is 16.6. The third-order valence-electron chi connectivity index (χ3n) is 5.68. The summed E-state index contributed by atoms with van der Waals surface area (Å²) in [6.45, 7) is 2.27. The first kappa shape index (κ1) is 16.8. The van der Waals surface area contributed by atoms with E-state index in [9.17, 15) is 0 Å². The van der Waals surface area contributed by atoms with E-state index in [1.54, 1.807) is 0 Å². The molecule has 1 heteroatoms. The van der Waals surface area contributed by atoms with Crippen molar-refractivity contribution in [3.63, 3.8) is 0 Å². The smallest absolute Gasteiger partial charge is 0.0361 e. The highest BCUT2D eigenvalue weighted by molar-refractivity contribution is 7.26. The van der Waals surface area contributed by atoms with Gasteiger partial charge < -0.3 is 0 Å². The van der Waals surface area contributed by atoms with E-state index in [4.69, 9.17) is 0 Å². The molecule has 0 fully saturated rings. The van der Waals surface area contributed by atoms with Crippen LogP contribution in [-0.2, 0) is 6.42 Å². The van der Waals surface area contributed by atoms with Gasteiger partial charge in [-0.15, -0.1) is 11.3 Å². The normalized spacial score (nSPS) is 11.9. The summed E-state index contributed by atoms with van der Waals surface area (Å²) in [5.41, 5.74) is 1.47. The van der Waals surface area contributed by atoms with Crippen LogP contribution in [0.1, 0.15) is 38.2 Å². The van der Waals surface area contributed by atoms with E-state index in [-0.39, 0.29) is 0 Å². The van der Waals surface area contributed by atoms with Gasteiger partial charge in [0.1, 0.15) is 0 Å². The van der Waals surface area contributed by atoms with Gasteiger partial charge in [0.15, 0.2) is 0 Å². The van der Waals surface area contributed by atoms with Gasteiger partial charge in [0, 0.05) is 20.2 Å². The standard InChI is InChI=1S/C26H24S/c1-2-3-4-5-8-18-11-12-21-17-26-24(15-22(21)13-18)23-14-19-9-6-7-10-20(19)16-25(23)27-26/h6-7,9-17H,2-5,8H2,1H3. The van der Waals surface area contributed by atoms with Gasteiger partial charge in [-0.05, 0) is 64.2 Å². The molecule has 0 saturated carbocycles. The number of hydrogen-bond donors (Lipinski definition) is 0. The summed E-state index contributed by atoms with van der Waals surface area (Å²) in [7, 11) is 0. The summed E-state index contributed by atoms with van der Waals surface area (Å²) in [4.78, 5) is 0. The number of rotatable bonds is 5. The predicted molar refractivity (Wildman–Crippen MR) is 122 cm³/mol. The van der Waals surface area contributed by atoms with E-state index in [0.717, 1.165) is 0 Å². The molecule has 0 aliphatic heterocycles. The Balaban J connectivity index is 1.62. The molecule has 0 unspecified atom stereocenters. The van der Waals surface area contributed by atoms with Crippen LogP contribution in [0.2, 0.25) is 0 Å². The number of hydrogen-bond acceptors (Lipinski definition) is 1. The highest BCUT2D eigenvalue weighted by Crippen LogP contribution is 2.38. The summed E-state index contributed by atoms with van der Waals surface area (Å²) in [6.07, 6.45) is 6.49. The molecule has 134 valence electrons. The van der Waals surface area contributed by atoms with Crippen LogP contribution in [-0.4, -0.2) is 0 Å². The monoisotopic (exact) mass is 368 g/mol. The first-order chi connectivity index (χ1) is 13.3. The molecule has 1 heterocycles. The maximum absolute atomic E-state index is 2.41. The van der Waals surface area contributed by atoms with Gasteiger partial charge in [-0.2, -0.15) is 0 Å². The first-order valence-corrected chi connectivity index (χ1v) is 10.9. The van der Waals surface area contributed by atoms with Gasteiger partial charge >= 0.3 is 0 Å². The van der Waals surface area contributed by atoms with Crippen molar-refractivity contribution >= 4 is 53.1 Å².